The predicted octanol–water partition coefficient (Wildman–Crippen LogP) is 1.02. The maximum absolute atomic E-state index is 11.9. The first-order chi connectivity index (χ1) is 6.68. The van der Waals surface area contributed by atoms with E-state index >= 15 is 0 Å². The van der Waals surface area contributed by atoms with Gasteiger partial charge in [-0.2, -0.15) is 0 Å². The van der Waals surface area contributed by atoms with Gasteiger partial charge in [-0.25, -0.2) is 0 Å². The Morgan fingerprint density at radius 3 is 2.57 bits per heavy atom. The van der Waals surface area contributed by atoms with E-state index in [0.29, 0.717) is 11.8 Å². The van der Waals surface area contributed by atoms with Gasteiger partial charge in [-0.1, -0.05) is 13.3 Å². The molecule has 0 aromatic heterocycles. The van der Waals surface area contributed by atoms with Crippen molar-refractivity contribution in [3.05, 3.63) is 0 Å². The molecule has 1 aliphatic heterocycles. The Morgan fingerprint density at radius 1 is 1.36 bits per heavy atom. The summed E-state index contributed by atoms with van der Waals surface area (Å²) < 4.78 is 0. The van der Waals surface area contributed by atoms with Gasteiger partial charge in [0.25, 0.3) is 0 Å². The number of carbonyl (C=O) groups excluding carboxylic acids is 1. The number of hydrogen-bond acceptors (Lipinski definition) is 2. The van der Waals surface area contributed by atoms with Gasteiger partial charge in [0.2, 0.25) is 5.91 Å². The summed E-state index contributed by atoms with van der Waals surface area (Å²) in [7, 11) is 0. The molecule has 1 saturated carbocycles. The maximum atomic E-state index is 11.9. The van der Waals surface area contributed by atoms with Crippen LogP contribution in [0.4, 0.5) is 0 Å². The van der Waals surface area contributed by atoms with Crippen LogP contribution in [-0.4, -0.2) is 35.1 Å². The Bertz CT molecular complexity index is 225. The van der Waals surface area contributed by atoms with E-state index in [0.717, 1.165) is 32.4 Å². The molecule has 80 valence electrons. The second-order valence-corrected chi connectivity index (χ2v) is 4.75. The van der Waals surface area contributed by atoms with Gasteiger partial charge in [0.15, 0.2) is 0 Å². The summed E-state index contributed by atoms with van der Waals surface area (Å²) in [5.41, 5.74) is 0. The Balaban J connectivity index is 1.88. The van der Waals surface area contributed by atoms with Crippen LogP contribution in [0.25, 0.3) is 0 Å². The fourth-order valence-electron chi connectivity index (χ4n) is 2.25. The van der Waals surface area contributed by atoms with Crippen molar-refractivity contribution < 1.29 is 9.90 Å². The van der Waals surface area contributed by atoms with Crippen molar-refractivity contribution in [1.82, 2.24) is 4.90 Å². The molecule has 1 N–H and O–H groups in total. The second kappa shape index (κ2) is 3.89. The first-order valence-corrected chi connectivity index (χ1v) is 5.65. The molecule has 1 saturated heterocycles. The van der Waals surface area contributed by atoms with Crippen LogP contribution < -0.4 is 0 Å². The summed E-state index contributed by atoms with van der Waals surface area (Å²) in [6, 6.07) is 0. The molecule has 2 aliphatic rings. The van der Waals surface area contributed by atoms with Crippen molar-refractivity contribution in [2.24, 2.45) is 11.8 Å². The van der Waals surface area contributed by atoms with E-state index in [4.69, 9.17) is 0 Å². The number of aliphatic hydroxyl groups is 1. The van der Waals surface area contributed by atoms with Crippen LogP contribution >= 0.6 is 0 Å². The van der Waals surface area contributed by atoms with Crippen molar-refractivity contribution in [3.63, 3.8) is 0 Å². The summed E-state index contributed by atoms with van der Waals surface area (Å²) >= 11 is 0. The van der Waals surface area contributed by atoms with Gasteiger partial charge in [0, 0.05) is 19.0 Å². The molecule has 0 aromatic rings. The van der Waals surface area contributed by atoms with Gasteiger partial charge in [0.1, 0.15) is 0 Å². The molecule has 2 fully saturated rings. The van der Waals surface area contributed by atoms with Gasteiger partial charge in [-0.15, -0.1) is 0 Å². The zero-order valence-corrected chi connectivity index (χ0v) is 8.78. The zero-order chi connectivity index (χ0) is 10.1. The number of nitrogens with zero attached hydrogens (tertiary/aromatic N) is 1. The third-order valence-electron chi connectivity index (χ3n) is 3.63. The lowest BCUT2D eigenvalue weighted by Gasteiger charge is -2.38. The van der Waals surface area contributed by atoms with E-state index in [-0.39, 0.29) is 12.0 Å². The molecule has 0 spiro atoms. The molecule has 3 heteroatoms. The zero-order valence-electron chi connectivity index (χ0n) is 8.78. The molecule has 1 amide bonds. The molecule has 0 aromatic carbocycles. The third kappa shape index (κ3) is 1.78. The normalized spacial score (nSPS) is 34.0. The first-order valence-electron chi connectivity index (χ1n) is 5.65. The summed E-state index contributed by atoms with van der Waals surface area (Å²) in [4.78, 5) is 13.8. The fraction of sp³-hybridized carbons (Fsp3) is 0.909. The molecule has 3 nitrogen and oxygen atoms in total. The van der Waals surface area contributed by atoms with Crippen LogP contribution in [0.2, 0.25) is 0 Å². The van der Waals surface area contributed by atoms with E-state index < -0.39 is 0 Å². The average molecular weight is 197 g/mol. The largest absolute Gasteiger partial charge is 0.393 e. The van der Waals surface area contributed by atoms with E-state index in [9.17, 15) is 9.90 Å². The van der Waals surface area contributed by atoms with E-state index in [1.54, 1.807) is 0 Å². The molecule has 1 aliphatic carbocycles. The molecule has 1 heterocycles. The van der Waals surface area contributed by atoms with E-state index in [1.807, 2.05) is 11.8 Å². The number of aliphatic hydroxyl groups excluding tert-OH is 1. The molecule has 14 heavy (non-hydrogen) atoms. The molecule has 0 radical (unpaired) electrons. The van der Waals surface area contributed by atoms with Crippen LogP contribution in [-0.2, 0) is 4.79 Å². The van der Waals surface area contributed by atoms with Crippen molar-refractivity contribution in [3.8, 4) is 0 Å². The Morgan fingerprint density at radius 2 is 2.07 bits per heavy atom. The lowest BCUT2D eigenvalue weighted by molar-refractivity contribution is -0.141. The van der Waals surface area contributed by atoms with Crippen molar-refractivity contribution in [2.75, 3.05) is 13.1 Å². The predicted molar refractivity (Wildman–Crippen MR) is 53.7 cm³/mol. The maximum Gasteiger partial charge on any atom is 0.225 e. The number of likely N-dealkylation sites (tertiary alicyclic amines) is 1. The summed E-state index contributed by atoms with van der Waals surface area (Å²) in [5, 5.41) is 9.55. The second-order valence-electron chi connectivity index (χ2n) is 4.75. The van der Waals surface area contributed by atoms with Crippen LogP contribution in [0.5, 0.6) is 0 Å². The Labute approximate surface area is 85.1 Å². The van der Waals surface area contributed by atoms with Crippen molar-refractivity contribution >= 4 is 5.91 Å². The summed E-state index contributed by atoms with van der Waals surface area (Å²) in [6.45, 7) is 3.52. The van der Waals surface area contributed by atoms with Gasteiger partial charge >= 0.3 is 0 Å². The smallest absolute Gasteiger partial charge is 0.225 e. The summed E-state index contributed by atoms with van der Waals surface area (Å²) in [5.74, 6) is 0.875. The number of hydrogen-bond donors (Lipinski definition) is 1. The average Bonchev–Trinajstić information content (AvgIpc) is 2.06. The van der Waals surface area contributed by atoms with Gasteiger partial charge in [-0.3, -0.25) is 4.79 Å². The molecule has 2 rings (SSSR count). The van der Waals surface area contributed by atoms with E-state index in [1.165, 1.54) is 6.42 Å². The monoisotopic (exact) mass is 197 g/mol. The molecule has 2 unspecified atom stereocenters. The topological polar surface area (TPSA) is 40.5 Å². The molecule has 2 atom stereocenters. The van der Waals surface area contributed by atoms with Crippen LogP contribution in [0, 0.1) is 11.8 Å². The number of carbonyl (C=O) groups is 1. The molecule has 0 bridgehead atoms. The highest BCUT2D eigenvalue weighted by atomic mass is 16.3. The highest BCUT2D eigenvalue weighted by Crippen LogP contribution is 2.29. The SMILES string of the molecule is CC1CN(C(=O)C2CCC2)CCC1O. The Hall–Kier alpha value is -0.570. The first kappa shape index (κ1) is 9.97. The lowest BCUT2D eigenvalue weighted by atomic mass is 9.83. The summed E-state index contributed by atoms with van der Waals surface area (Å²) in [6.07, 6.45) is 3.90. The fourth-order valence-corrected chi connectivity index (χ4v) is 2.25. The molecular formula is C11H19NO2. The highest BCUT2D eigenvalue weighted by Gasteiger charge is 2.33. The number of piperidine rings is 1. The van der Waals surface area contributed by atoms with Crippen molar-refractivity contribution in [2.45, 2.75) is 38.7 Å². The Kier molecular flexibility index (Phi) is 2.77. The number of amides is 1. The van der Waals surface area contributed by atoms with E-state index in [2.05, 4.69) is 0 Å². The van der Waals surface area contributed by atoms with Crippen LogP contribution in [0.1, 0.15) is 32.6 Å². The number of rotatable bonds is 1. The van der Waals surface area contributed by atoms with Crippen molar-refractivity contribution in [1.29, 1.82) is 0 Å². The van der Waals surface area contributed by atoms with Crippen LogP contribution in [0.3, 0.4) is 0 Å². The molecular weight excluding hydrogens is 178 g/mol. The minimum atomic E-state index is -0.208. The van der Waals surface area contributed by atoms with Gasteiger partial charge < -0.3 is 10.0 Å². The van der Waals surface area contributed by atoms with Crippen LogP contribution in [0.15, 0.2) is 0 Å². The minimum Gasteiger partial charge on any atom is -0.393 e. The lowest BCUT2D eigenvalue weighted by Crippen LogP contribution is -2.48. The highest BCUT2D eigenvalue weighted by molar-refractivity contribution is 5.79. The third-order valence-corrected chi connectivity index (χ3v) is 3.63. The van der Waals surface area contributed by atoms with Gasteiger partial charge in [-0.05, 0) is 25.2 Å². The quantitative estimate of drug-likeness (QED) is 0.681. The minimum absolute atomic E-state index is 0.208. The van der Waals surface area contributed by atoms with Gasteiger partial charge in [0.05, 0.1) is 6.10 Å². The standard InChI is InChI=1S/C11H19NO2/c1-8-7-12(6-5-10(8)13)11(14)9-3-2-4-9/h8-10,13H,2-7H2,1H3.